The third-order valence-corrected chi connectivity index (χ3v) is 6.60. The molecule has 3 heterocycles. The number of hydrogen-bond donors (Lipinski definition) is 1. The number of benzene rings is 2. The van der Waals surface area contributed by atoms with E-state index in [1.807, 2.05) is 37.3 Å². The van der Waals surface area contributed by atoms with Crippen LogP contribution in [0.5, 0.6) is 0 Å². The van der Waals surface area contributed by atoms with Crippen molar-refractivity contribution >= 4 is 39.1 Å². The summed E-state index contributed by atoms with van der Waals surface area (Å²) in [5.74, 6) is -0.339. The average molecular weight is 445 g/mol. The Bertz CT molecular complexity index is 1390. The number of aryl methyl sites for hydroxylation is 1. The lowest BCUT2D eigenvalue weighted by Crippen LogP contribution is -2.33. The van der Waals surface area contributed by atoms with Gasteiger partial charge >= 0.3 is 0 Å². The van der Waals surface area contributed by atoms with E-state index in [1.165, 1.54) is 17.7 Å². The Balaban J connectivity index is 1.45. The molecule has 0 unspecified atom stereocenters. The summed E-state index contributed by atoms with van der Waals surface area (Å²) in [6.07, 6.45) is 2.73. The molecule has 0 radical (unpaired) electrons. The first-order chi connectivity index (χ1) is 15.5. The monoisotopic (exact) mass is 444 g/mol. The molecular weight excluding hydrogens is 424 g/mol. The molecule has 1 saturated heterocycles. The third kappa shape index (κ3) is 3.48. The molecule has 0 spiro atoms. The van der Waals surface area contributed by atoms with Gasteiger partial charge in [0.15, 0.2) is 0 Å². The van der Waals surface area contributed by atoms with Crippen molar-refractivity contribution in [2.45, 2.75) is 19.8 Å². The lowest BCUT2D eigenvalue weighted by atomic mass is 10.0. The van der Waals surface area contributed by atoms with Crippen LogP contribution in [0, 0.1) is 6.92 Å². The van der Waals surface area contributed by atoms with Crippen LogP contribution in [0.15, 0.2) is 65.7 Å². The zero-order chi connectivity index (χ0) is 22.2. The number of fused-ring (bicyclic) bond motifs is 1. The summed E-state index contributed by atoms with van der Waals surface area (Å²) in [5.41, 5.74) is 5.23. The van der Waals surface area contributed by atoms with E-state index in [1.54, 1.807) is 29.2 Å². The maximum atomic E-state index is 13.2. The quantitative estimate of drug-likeness (QED) is 0.517. The third-order valence-electron chi connectivity index (χ3n) is 5.59. The van der Waals surface area contributed by atoms with Gasteiger partial charge in [0.2, 0.25) is 5.91 Å². The molecule has 2 aromatic heterocycles. The van der Waals surface area contributed by atoms with E-state index in [2.05, 4.69) is 10.4 Å². The van der Waals surface area contributed by atoms with Crippen LogP contribution in [0.2, 0.25) is 0 Å². The van der Waals surface area contributed by atoms with Crippen LogP contribution in [-0.2, 0) is 4.79 Å². The summed E-state index contributed by atoms with van der Waals surface area (Å²) >= 11 is 1.46. The Morgan fingerprint density at radius 1 is 1.06 bits per heavy atom. The Labute approximate surface area is 187 Å². The predicted octanol–water partition coefficient (Wildman–Crippen LogP) is 3.94. The highest BCUT2D eigenvalue weighted by Gasteiger charge is 2.22. The smallest absolute Gasteiger partial charge is 0.281 e. The normalized spacial score (nSPS) is 13.7. The number of nitrogens with one attached hydrogen (secondary N) is 1. The largest absolute Gasteiger partial charge is 0.312 e. The molecule has 1 aliphatic rings. The molecule has 7 nitrogen and oxygen atoms in total. The standard InChI is InChI=1S/C24H20N4O3S/c1-15-20(16-6-3-2-4-7-16)21-23(32-15)25-14-28(24(21)31)26-22(30)17-9-11-18(12-10-17)27-13-5-8-19(27)29/h2-4,6-7,9-12,14H,5,8,13H2,1H3,(H,26,30). The molecule has 1 fully saturated rings. The molecule has 0 saturated carbocycles. The van der Waals surface area contributed by atoms with Gasteiger partial charge in [-0.25, -0.2) is 9.66 Å². The average Bonchev–Trinajstić information content (AvgIpc) is 3.39. The van der Waals surface area contributed by atoms with Gasteiger partial charge in [-0.1, -0.05) is 30.3 Å². The van der Waals surface area contributed by atoms with Crippen LogP contribution in [0.1, 0.15) is 28.1 Å². The maximum absolute atomic E-state index is 13.2. The van der Waals surface area contributed by atoms with Gasteiger partial charge in [-0.05, 0) is 43.2 Å². The summed E-state index contributed by atoms with van der Waals surface area (Å²) < 4.78 is 1.13. The van der Waals surface area contributed by atoms with Gasteiger partial charge in [-0.15, -0.1) is 11.3 Å². The molecular formula is C24H20N4O3S. The van der Waals surface area contributed by atoms with Gasteiger partial charge in [-0.2, -0.15) is 0 Å². The van der Waals surface area contributed by atoms with Crippen molar-refractivity contribution in [3.63, 3.8) is 0 Å². The molecule has 32 heavy (non-hydrogen) atoms. The van der Waals surface area contributed by atoms with Gasteiger partial charge in [-0.3, -0.25) is 19.8 Å². The number of anilines is 1. The Hall–Kier alpha value is -3.78. The molecule has 4 aromatic rings. The summed E-state index contributed by atoms with van der Waals surface area (Å²) in [5, 5.41) is 0.490. The highest BCUT2D eigenvalue weighted by atomic mass is 32.1. The molecule has 0 bridgehead atoms. The van der Waals surface area contributed by atoms with E-state index in [-0.39, 0.29) is 11.5 Å². The van der Waals surface area contributed by atoms with Crippen molar-refractivity contribution in [2.75, 3.05) is 16.9 Å². The van der Waals surface area contributed by atoms with Gasteiger partial charge < -0.3 is 4.90 Å². The number of carbonyl (C=O) groups excluding carboxylic acids is 2. The molecule has 1 aliphatic heterocycles. The molecule has 8 heteroatoms. The molecule has 1 N–H and O–H groups in total. The second kappa shape index (κ2) is 8.05. The first-order valence-corrected chi connectivity index (χ1v) is 11.1. The van der Waals surface area contributed by atoms with E-state index in [0.717, 1.165) is 32.8 Å². The van der Waals surface area contributed by atoms with Gasteiger partial charge in [0, 0.05) is 34.7 Å². The summed E-state index contributed by atoms with van der Waals surface area (Å²) in [7, 11) is 0. The first kappa shape index (κ1) is 20.1. The van der Waals surface area contributed by atoms with Crippen LogP contribution in [0.4, 0.5) is 5.69 Å². The lowest BCUT2D eigenvalue weighted by Gasteiger charge is -2.16. The van der Waals surface area contributed by atoms with Crippen LogP contribution in [-0.4, -0.2) is 28.0 Å². The highest BCUT2D eigenvalue weighted by Crippen LogP contribution is 2.35. The van der Waals surface area contributed by atoms with E-state index in [0.29, 0.717) is 28.7 Å². The first-order valence-electron chi connectivity index (χ1n) is 10.3. The molecule has 2 amide bonds. The van der Waals surface area contributed by atoms with E-state index in [9.17, 15) is 14.4 Å². The fourth-order valence-electron chi connectivity index (χ4n) is 4.02. The van der Waals surface area contributed by atoms with Crippen LogP contribution in [0.3, 0.4) is 0 Å². The van der Waals surface area contributed by atoms with Gasteiger partial charge in [0.25, 0.3) is 11.5 Å². The molecule has 2 aromatic carbocycles. The summed E-state index contributed by atoms with van der Waals surface area (Å²) in [6.45, 7) is 2.65. The van der Waals surface area contributed by atoms with Crippen LogP contribution < -0.4 is 15.9 Å². The molecule has 160 valence electrons. The van der Waals surface area contributed by atoms with Crippen molar-refractivity contribution in [1.29, 1.82) is 0 Å². The van der Waals surface area contributed by atoms with Crippen LogP contribution >= 0.6 is 11.3 Å². The summed E-state index contributed by atoms with van der Waals surface area (Å²) in [6, 6.07) is 16.5. The topological polar surface area (TPSA) is 84.3 Å². The van der Waals surface area contributed by atoms with Crippen molar-refractivity contribution in [2.24, 2.45) is 0 Å². The number of rotatable bonds is 4. The Morgan fingerprint density at radius 2 is 1.81 bits per heavy atom. The Kier molecular flexibility index (Phi) is 5.07. The second-order valence-electron chi connectivity index (χ2n) is 7.64. The van der Waals surface area contributed by atoms with Crippen LogP contribution in [0.25, 0.3) is 21.3 Å². The molecule has 5 rings (SSSR count). The second-order valence-corrected chi connectivity index (χ2v) is 8.84. The maximum Gasteiger partial charge on any atom is 0.281 e. The Morgan fingerprint density at radius 3 is 2.50 bits per heavy atom. The molecule has 0 atom stereocenters. The predicted molar refractivity (Wildman–Crippen MR) is 126 cm³/mol. The van der Waals surface area contributed by atoms with Crippen molar-refractivity contribution < 1.29 is 9.59 Å². The summed E-state index contributed by atoms with van der Waals surface area (Å²) in [4.78, 5) is 45.7. The fourth-order valence-corrected chi connectivity index (χ4v) is 5.03. The minimum Gasteiger partial charge on any atom is -0.312 e. The number of nitrogens with zero attached hydrogens (tertiary/aromatic N) is 3. The van der Waals surface area contributed by atoms with Gasteiger partial charge in [0.1, 0.15) is 11.2 Å². The lowest BCUT2D eigenvalue weighted by molar-refractivity contribution is -0.117. The SMILES string of the molecule is Cc1sc2ncn(NC(=O)c3ccc(N4CCCC4=O)cc3)c(=O)c2c1-c1ccccc1. The van der Waals surface area contributed by atoms with Gasteiger partial charge in [0.05, 0.1) is 5.39 Å². The fraction of sp³-hybridized carbons (Fsp3) is 0.167. The van der Waals surface area contributed by atoms with E-state index < -0.39 is 5.91 Å². The van der Waals surface area contributed by atoms with Crippen molar-refractivity contribution in [3.05, 3.63) is 81.7 Å². The number of amides is 2. The highest BCUT2D eigenvalue weighted by molar-refractivity contribution is 7.19. The minimum absolute atomic E-state index is 0.0911. The van der Waals surface area contributed by atoms with Crippen molar-refractivity contribution in [1.82, 2.24) is 9.66 Å². The number of carbonyl (C=O) groups is 2. The van der Waals surface area contributed by atoms with Crippen molar-refractivity contribution in [3.8, 4) is 11.1 Å². The zero-order valence-electron chi connectivity index (χ0n) is 17.4. The van der Waals surface area contributed by atoms with E-state index in [4.69, 9.17) is 0 Å². The molecule has 0 aliphatic carbocycles. The number of aromatic nitrogens is 2. The number of thiophene rings is 1. The van der Waals surface area contributed by atoms with E-state index >= 15 is 0 Å². The number of hydrogen-bond acceptors (Lipinski definition) is 5. The minimum atomic E-state index is -0.430. The zero-order valence-corrected chi connectivity index (χ0v) is 18.2.